The number of carbonyl (C=O) groups is 1. The molecule has 0 atom stereocenters. The number of para-hydroxylation sites is 2. The quantitative estimate of drug-likeness (QED) is 0.482. The largest absolute Gasteiger partial charge is 0.494 e. The Morgan fingerprint density at radius 2 is 1.57 bits per heavy atom. The van der Waals surface area contributed by atoms with Crippen molar-refractivity contribution in [3.05, 3.63) is 72.8 Å². The molecule has 2 amide bonds. The molecule has 0 spiro atoms. The number of carbonyl (C=O) groups excluding carboxylic acids is 1. The molecule has 0 bridgehead atoms. The zero-order valence-electron chi connectivity index (χ0n) is 15.3. The van der Waals surface area contributed by atoms with Crippen LogP contribution in [-0.4, -0.2) is 17.6 Å². The van der Waals surface area contributed by atoms with E-state index in [1.54, 1.807) is 12.1 Å². The Kier molecular flexibility index (Phi) is 4.93. The van der Waals surface area contributed by atoms with Crippen molar-refractivity contribution in [3.63, 3.8) is 0 Å². The number of aromatic nitrogens is 1. The van der Waals surface area contributed by atoms with Gasteiger partial charge in [0.2, 0.25) is 5.89 Å². The normalized spacial score (nSPS) is 10.6. The number of urea groups is 1. The Morgan fingerprint density at radius 1 is 0.929 bits per heavy atom. The van der Waals surface area contributed by atoms with Gasteiger partial charge in [0, 0.05) is 16.9 Å². The molecule has 0 aliphatic rings. The summed E-state index contributed by atoms with van der Waals surface area (Å²) in [6, 6.07) is 21.8. The topological polar surface area (TPSA) is 76.4 Å². The zero-order chi connectivity index (χ0) is 19.3. The van der Waals surface area contributed by atoms with Crippen molar-refractivity contribution in [2.75, 3.05) is 17.2 Å². The molecule has 1 heterocycles. The highest BCUT2D eigenvalue weighted by Crippen LogP contribution is 2.25. The Bertz CT molecular complexity index is 1050. The van der Waals surface area contributed by atoms with Gasteiger partial charge in [0.05, 0.1) is 6.61 Å². The van der Waals surface area contributed by atoms with Crippen LogP contribution in [-0.2, 0) is 0 Å². The van der Waals surface area contributed by atoms with Crippen LogP contribution in [0, 0.1) is 0 Å². The summed E-state index contributed by atoms with van der Waals surface area (Å²) in [6.07, 6.45) is 0. The van der Waals surface area contributed by atoms with Crippen LogP contribution in [0.3, 0.4) is 0 Å². The number of ether oxygens (including phenoxy) is 1. The molecule has 6 heteroatoms. The van der Waals surface area contributed by atoms with E-state index in [9.17, 15) is 4.79 Å². The van der Waals surface area contributed by atoms with Gasteiger partial charge in [-0.15, -0.1) is 0 Å². The first-order valence-electron chi connectivity index (χ1n) is 8.98. The predicted molar refractivity (Wildman–Crippen MR) is 110 cm³/mol. The number of oxazole rings is 1. The fourth-order valence-corrected chi connectivity index (χ4v) is 2.79. The maximum Gasteiger partial charge on any atom is 0.323 e. The minimum atomic E-state index is -0.321. The molecule has 0 fully saturated rings. The Balaban J connectivity index is 1.40. The lowest BCUT2D eigenvalue weighted by molar-refractivity contribution is 0.262. The van der Waals surface area contributed by atoms with Gasteiger partial charge < -0.3 is 19.8 Å². The maximum absolute atomic E-state index is 12.2. The predicted octanol–water partition coefficient (Wildman–Crippen LogP) is 5.54. The second-order valence-electron chi connectivity index (χ2n) is 6.10. The van der Waals surface area contributed by atoms with Gasteiger partial charge in [-0.1, -0.05) is 12.1 Å². The molecule has 2 N–H and O–H groups in total. The van der Waals surface area contributed by atoms with Crippen molar-refractivity contribution < 1.29 is 13.9 Å². The second-order valence-corrected chi connectivity index (χ2v) is 6.10. The average Bonchev–Trinajstić information content (AvgIpc) is 3.14. The highest BCUT2D eigenvalue weighted by Gasteiger charge is 2.08. The van der Waals surface area contributed by atoms with Crippen molar-refractivity contribution in [2.24, 2.45) is 0 Å². The smallest absolute Gasteiger partial charge is 0.323 e. The number of nitrogens with zero attached hydrogens (tertiary/aromatic N) is 1. The lowest BCUT2D eigenvalue weighted by Crippen LogP contribution is -2.19. The minimum Gasteiger partial charge on any atom is -0.494 e. The van der Waals surface area contributed by atoms with Crippen LogP contribution in [0.5, 0.6) is 5.75 Å². The van der Waals surface area contributed by atoms with E-state index in [1.807, 2.05) is 67.6 Å². The summed E-state index contributed by atoms with van der Waals surface area (Å²) < 4.78 is 11.1. The molecule has 3 aromatic carbocycles. The lowest BCUT2D eigenvalue weighted by Gasteiger charge is -2.09. The Labute approximate surface area is 162 Å². The van der Waals surface area contributed by atoms with Crippen molar-refractivity contribution in [1.29, 1.82) is 0 Å². The maximum atomic E-state index is 12.2. The number of anilines is 2. The molecular formula is C22H19N3O3. The standard InChI is InChI=1S/C22H19N3O3/c1-2-27-18-13-11-17(12-14-18)24-22(26)23-16-9-7-15(8-10-16)21-25-19-5-3-4-6-20(19)28-21/h3-14H,2H2,1H3,(H2,23,24,26). The van der Waals surface area contributed by atoms with Crippen LogP contribution in [0.2, 0.25) is 0 Å². The lowest BCUT2D eigenvalue weighted by atomic mass is 10.2. The van der Waals surface area contributed by atoms with Crippen LogP contribution in [0.25, 0.3) is 22.6 Å². The summed E-state index contributed by atoms with van der Waals surface area (Å²) in [4.78, 5) is 16.7. The van der Waals surface area contributed by atoms with Gasteiger partial charge in [0.1, 0.15) is 11.3 Å². The molecule has 28 heavy (non-hydrogen) atoms. The minimum absolute atomic E-state index is 0.321. The summed E-state index contributed by atoms with van der Waals surface area (Å²) in [5.74, 6) is 1.31. The third-order valence-corrected chi connectivity index (χ3v) is 4.11. The molecular weight excluding hydrogens is 354 g/mol. The summed E-state index contributed by atoms with van der Waals surface area (Å²) in [5, 5.41) is 5.59. The molecule has 4 rings (SSSR count). The van der Waals surface area contributed by atoms with Crippen LogP contribution in [0.15, 0.2) is 77.2 Å². The monoisotopic (exact) mass is 373 g/mol. The fraction of sp³-hybridized carbons (Fsp3) is 0.0909. The van der Waals surface area contributed by atoms with Gasteiger partial charge >= 0.3 is 6.03 Å². The average molecular weight is 373 g/mol. The van der Waals surface area contributed by atoms with Crippen LogP contribution >= 0.6 is 0 Å². The first kappa shape index (κ1) is 17.6. The number of fused-ring (bicyclic) bond motifs is 1. The van der Waals surface area contributed by atoms with Gasteiger partial charge in [0.15, 0.2) is 5.58 Å². The number of rotatable bonds is 5. The van der Waals surface area contributed by atoms with Gasteiger partial charge in [-0.25, -0.2) is 9.78 Å². The van der Waals surface area contributed by atoms with Gasteiger partial charge in [-0.05, 0) is 67.6 Å². The van der Waals surface area contributed by atoms with E-state index >= 15 is 0 Å². The molecule has 0 unspecified atom stereocenters. The third-order valence-electron chi connectivity index (χ3n) is 4.11. The SMILES string of the molecule is CCOc1ccc(NC(=O)Nc2ccc(-c3nc4ccccc4o3)cc2)cc1. The highest BCUT2D eigenvalue weighted by molar-refractivity contribution is 5.99. The number of benzene rings is 3. The van der Waals surface area contributed by atoms with Crippen LogP contribution in [0.4, 0.5) is 16.2 Å². The molecule has 1 aromatic heterocycles. The number of amides is 2. The number of nitrogens with one attached hydrogen (secondary N) is 2. The van der Waals surface area contributed by atoms with Crippen LogP contribution in [0.1, 0.15) is 6.92 Å². The van der Waals surface area contributed by atoms with E-state index in [1.165, 1.54) is 0 Å². The van der Waals surface area contributed by atoms with Crippen molar-refractivity contribution in [1.82, 2.24) is 4.98 Å². The zero-order valence-corrected chi connectivity index (χ0v) is 15.3. The third kappa shape index (κ3) is 3.96. The number of hydrogen-bond donors (Lipinski definition) is 2. The van der Waals surface area contributed by atoms with E-state index < -0.39 is 0 Å². The molecule has 0 radical (unpaired) electrons. The molecule has 0 saturated heterocycles. The van der Waals surface area contributed by atoms with E-state index in [0.29, 0.717) is 23.9 Å². The Morgan fingerprint density at radius 3 is 2.21 bits per heavy atom. The van der Waals surface area contributed by atoms with E-state index in [0.717, 1.165) is 22.4 Å². The molecule has 0 aliphatic heterocycles. The molecule has 4 aromatic rings. The Hall–Kier alpha value is -3.80. The summed E-state index contributed by atoms with van der Waals surface area (Å²) in [6.45, 7) is 2.53. The number of hydrogen-bond acceptors (Lipinski definition) is 4. The van der Waals surface area contributed by atoms with Crippen LogP contribution < -0.4 is 15.4 Å². The first-order chi connectivity index (χ1) is 13.7. The molecule has 140 valence electrons. The van der Waals surface area contributed by atoms with Gasteiger partial charge in [-0.3, -0.25) is 0 Å². The van der Waals surface area contributed by atoms with Crippen molar-refractivity contribution in [3.8, 4) is 17.2 Å². The summed E-state index contributed by atoms with van der Waals surface area (Å²) >= 11 is 0. The summed E-state index contributed by atoms with van der Waals surface area (Å²) in [7, 11) is 0. The van der Waals surface area contributed by atoms with E-state index in [4.69, 9.17) is 9.15 Å². The fourth-order valence-electron chi connectivity index (χ4n) is 2.79. The second kappa shape index (κ2) is 7.84. The van der Waals surface area contributed by atoms with E-state index in [2.05, 4.69) is 15.6 Å². The van der Waals surface area contributed by atoms with Crippen molar-refractivity contribution >= 4 is 28.5 Å². The molecule has 0 aliphatic carbocycles. The first-order valence-corrected chi connectivity index (χ1v) is 8.98. The van der Waals surface area contributed by atoms with E-state index in [-0.39, 0.29) is 6.03 Å². The molecule has 6 nitrogen and oxygen atoms in total. The van der Waals surface area contributed by atoms with Gasteiger partial charge in [0.25, 0.3) is 0 Å². The van der Waals surface area contributed by atoms with Crippen molar-refractivity contribution in [2.45, 2.75) is 6.92 Å². The molecule has 0 saturated carbocycles. The van der Waals surface area contributed by atoms with Gasteiger partial charge in [-0.2, -0.15) is 0 Å². The summed E-state index contributed by atoms with van der Waals surface area (Å²) in [5.41, 5.74) is 3.75. The highest BCUT2D eigenvalue weighted by atomic mass is 16.5.